The van der Waals surface area contributed by atoms with Crippen molar-refractivity contribution in [2.75, 3.05) is 32.8 Å². The Morgan fingerprint density at radius 1 is 1.47 bits per heavy atom. The van der Waals surface area contributed by atoms with Gasteiger partial charge in [-0.25, -0.2) is 0 Å². The smallest absolute Gasteiger partial charge is 0.236 e. The van der Waals surface area contributed by atoms with Crippen LogP contribution in [0.15, 0.2) is 0 Å². The van der Waals surface area contributed by atoms with Crippen LogP contribution in [-0.4, -0.2) is 60.9 Å². The highest BCUT2D eigenvalue weighted by Crippen LogP contribution is 2.04. The highest BCUT2D eigenvalue weighted by atomic mass is 16.5. The molecule has 2 unspecified atom stereocenters. The van der Waals surface area contributed by atoms with Crippen molar-refractivity contribution in [3.8, 4) is 0 Å². The summed E-state index contributed by atoms with van der Waals surface area (Å²) in [7, 11) is 0. The summed E-state index contributed by atoms with van der Waals surface area (Å²) in [6.45, 7) is 6.46. The molecule has 0 radical (unpaired) electrons. The number of rotatable bonds is 5. The lowest BCUT2D eigenvalue weighted by Crippen LogP contribution is -2.45. The van der Waals surface area contributed by atoms with Crippen LogP contribution >= 0.6 is 0 Å². The molecule has 5 heteroatoms. The van der Waals surface area contributed by atoms with E-state index >= 15 is 0 Å². The van der Waals surface area contributed by atoms with Gasteiger partial charge < -0.3 is 20.1 Å². The lowest BCUT2D eigenvalue weighted by atomic mass is 10.2. The van der Waals surface area contributed by atoms with E-state index < -0.39 is 6.10 Å². The Labute approximate surface area is 90.4 Å². The van der Waals surface area contributed by atoms with Crippen molar-refractivity contribution in [1.82, 2.24) is 10.2 Å². The first-order valence-electron chi connectivity index (χ1n) is 5.46. The topological polar surface area (TPSA) is 61.8 Å². The maximum absolute atomic E-state index is 11.6. The van der Waals surface area contributed by atoms with E-state index in [1.165, 1.54) is 0 Å². The molecule has 0 spiro atoms. The molecule has 5 nitrogen and oxygen atoms in total. The number of nitrogens with zero attached hydrogens (tertiary/aromatic N) is 1. The first kappa shape index (κ1) is 12.4. The molecule has 1 amide bonds. The monoisotopic (exact) mass is 216 g/mol. The molecule has 0 aromatic heterocycles. The Balaban J connectivity index is 2.26. The molecule has 1 aliphatic heterocycles. The van der Waals surface area contributed by atoms with Crippen LogP contribution in [0.25, 0.3) is 0 Å². The summed E-state index contributed by atoms with van der Waals surface area (Å²) in [4.78, 5) is 13.4. The zero-order valence-corrected chi connectivity index (χ0v) is 9.40. The summed E-state index contributed by atoms with van der Waals surface area (Å²) >= 11 is 0. The fourth-order valence-corrected chi connectivity index (χ4v) is 1.64. The minimum Gasteiger partial charge on any atom is -0.389 e. The number of amides is 1. The minimum absolute atomic E-state index is 0.0686. The van der Waals surface area contributed by atoms with E-state index in [2.05, 4.69) is 5.32 Å². The van der Waals surface area contributed by atoms with Crippen LogP contribution in [0.3, 0.4) is 0 Å². The number of hydrogen-bond donors (Lipinski definition) is 2. The summed E-state index contributed by atoms with van der Waals surface area (Å²) in [6.07, 6.45) is -0.491. The molecule has 1 rings (SSSR count). The number of carbonyl (C=O) groups excluding carboxylic acids is 1. The van der Waals surface area contributed by atoms with Crippen LogP contribution in [0.5, 0.6) is 0 Å². The predicted molar refractivity (Wildman–Crippen MR) is 56.5 cm³/mol. The van der Waals surface area contributed by atoms with Gasteiger partial charge in [-0.1, -0.05) is 0 Å². The summed E-state index contributed by atoms with van der Waals surface area (Å²) in [5.41, 5.74) is 0. The summed E-state index contributed by atoms with van der Waals surface area (Å²) in [5, 5.41) is 12.5. The Morgan fingerprint density at radius 3 is 2.60 bits per heavy atom. The fourth-order valence-electron chi connectivity index (χ4n) is 1.64. The molecule has 1 saturated heterocycles. The average Bonchev–Trinajstić information content (AvgIpc) is 2.63. The molecule has 1 fully saturated rings. The molecule has 0 bridgehead atoms. The van der Waals surface area contributed by atoms with Crippen molar-refractivity contribution in [2.24, 2.45) is 0 Å². The standard InChI is InChI=1S/C10H20N2O3/c1-3-12(4-2)10(14)5-11-8-6-15-7-9(8)13/h8-9,11,13H,3-7H2,1-2H3. The predicted octanol–water partition coefficient (Wildman–Crippen LogP) is -0.796. The quantitative estimate of drug-likeness (QED) is 0.632. The third kappa shape index (κ3) is 3.44. The van der Waals surface area contributed by atoms with Gasteiger partial charge in [-0.3, -0.25) is 4.79 Å². The fraction of sp³-hybridized carbons (Fsp3) is 0.900. The SMILES string of the molecule is CCN(CC)C(=O)CNC1COCC1O. The molecular formula is C10H20N2O3. The van der Waals surface area contributed by atoms with Crippen molar-refractivity contribution in [1.29, 1.82) is 0 Å². The van der Waals surface area contributed by atoms with E-state index in [1.54, 1.807) is 4.90 Å². The van der Waals surface area contributed by atoms with E-state index in [0.717, 1.165) is 13.1 Å². The first-order chi connectivity index (χ1) is 7.19. The van der Waals surface area contributed by atoms with Gasteiger partial charge >= 0.3 is 0 Å². The van der Waals surface area contributed by atoms with Crippen molar-refractivity contribution in [3.63, 3.8) is 0 Å². The molecular weight excluding hydrogens is 196 g/mol. The zero-order chi connectivity index (χ0) is 11.3. The molecule has 15 heavy (non-hydrogen) atoms. The molecule has 0 aliphatic carbocycles. The zero-order valence-electron chi connectivity index (χ0n) is 9.40. The summed E-state index contributed by atoms with van der Waals surface area (Å²) < 4.78 is 5.08. The first-order valence-corrected chi connectivity index (χ1v) is 5.46. The molecule has 88 valence electrons. The van der Waals surface area contributed by atoms with E-state index in [-0.39, 0.29) is 18.5 Å². The van der Waals surface area contributed by atoms with Gasteiger partial charge in [-0.15, -0.1) is 0 Å². The van der Waals surface area contributed by atoms with Gasteiger partial charge in [0.2, 0.25) is 5.91 Å². The van der Waals surface area contributed by atoms with Gasteiger partial charge in [0.15, 0.2) is 0 Å². The van der Waals surface area contributed by atoms with E-state index in [0.29, 0.717) is 13.2 Å². The summed E-state index contributed by atoms with van der Waals surface area (Å²) in [6, 6.07) is -0.107. The van der Waals surface area contributed by atoms with Crippen LogP contribution < -0.4 is 5.32 Å². The van der Waals surface area contributed by atoms with Crippen molar-refractivity contribution < 1.29 is 14.6 Å². The molecule has 2 atom stereocenters. The van der Waals surface area contributed by atoms with Gasteiger partial charge in [0.05, 0.1) is 31.9 Å². The van der Waals surface area contributed by atoms with Gasteiger partial charge in [0.25, 0.3) is 0 Å². The van der Waals surface area contributed by atoms with E-state index in [4.69, 9.17) is 4.74 Å². The van der Waals surface area contributed by atoms with Gasteiger partial charge in [-0.05, 0) is 13.8 Å². The number of ether oxygens (including phenoxy) is 1. The molecule has 0 saturated carbocycles. The largest absolute Gasteiger partial charge is 0.389 e. The average molecular weight is 216 g/mol. The summed E-state index contributed by atoms with van der Waals surface area (Å²) in [5.74, 6) is 0.0686. The third-order valence-electron chi connectivity index (χ3n) is 2.68. The molecule has 0 aromatic carbocycles. The van der Waals surface area contributed by atoms with Gasteiger partial charge in [0.1, 0.15) is 0 Å². The van der Waals surface area contributed by atoms with Crippen LogP contribution in [-0.2, 0) is 9.53 Å². The minimum atomic E-state index is -0.491. The Kier molecular flexibility index (Phi) is 5.01. The number of carbonyl (C=O) groups is 1. The number of hydrogen-bond acceptors (Lipinski definition) is 4. The second-order valence-corrected chi connectivity index (χ2v) is 3.66. The molecule has 0 aromatic rings. The lowest BCUT2D eigenvalue weighted by molar-refractivity contribution is -0.130. The van der Waals surface area contributed by atoms with Crippen LogP contribution in [0.2, 0.25) is 0 Å². The maximum Gasteiger partial charge on any atom is 0.236 e. The lowest BCUT2D eigenvalue weighted by Gasteiger charge is -2.21. The second-order valence-electron chi connectivity index (χ2n) is 3.66. The van der Waals surface area contributed by atoms with Gasteiger partial charge in [-0.2, -0.15) is 0 Å². The van der Waals surface area contributed by atoms with Crippen molar-refractivity contribution in [2.45, 2.75) is 26.0 Å². The van der Waals surface area contributed by atoms with Crippen LogP contribution in [0.4, 0.5) is 0 Å². The maximum atomic E-state index is 11.6. The highest BCUT2D eigenvalue weighted by molar-refractivity contribution is 5.78. The Morgan fingerprint density at radius 2 is 2.13 bits per heavy atom. The van der Waals surface area contributed by atoms with Crippen molar-refractivity contribution >= 4 is 5.91 Å². The van der Waals surface area contributed by atoms with E-state index in [1.807, 2.05) is 13.8 Å². The van der Waals surface area contributed by atoms with Gasteiger partial charge in [0, 0.05) is 13.1 Å². The Bertz CT molecular complexity index is 207. The normalized spacial score (nSPS) is 25.5. The second kappa shape index (κ2) is 6.05. The number of nitrogens with one attached hydrogen (secondary N) is 1. The molecule has 1 heterocycles. The Hall–Kier alpha value is -0.650. The number of aliphatic hydroxyl groups is 1. The number of aliphatic hydroxyl groups excluding tert-OH is 1. The van der Waals surface area contributed by atoms with Crippen molar-refractivity contribution in [3.05, 3.63) is 0 Å². The van der Waals surface area contributed by atoms with Crippen LogP contribution in [0.1, 0.15) is 13.8 Å². The number of likely N-dealkylation sites (N-methyl/N-ethyl adjacent to an activating group) is 1. The third-order valence-corrected chi connectivity index (χ3v) is 2.68. The van der Waals surface area contributed by atoms with E-state index in [9.17, 15) is 9.90 Å². The molecule has 1 aliphatic rings. The van der Waals surface area contributed by atoms with Crippen LogP contribution in [0, 0.1) is 0 Å². The molecule has 2 N–H and O–H groups in total. The highest BCUT2D eigenvalue weighted by Gasteiger charge is 2.26.